The predicted octanol–water partition coefficient (Wildman–Crippen LogP) is 3.70. The lowest BCUT2D eigenvalue weighted by Crippen LogP contribution is -2.46. The van der Waals surface area contributed by atoms with Gasteiger partial charge in [-0.3, -0.25) is 4.79 Å². The van der Waals surface area contributed by atoms with E-state index in [1.165, 1.54) is 64.7 Å². The molecule has 2 atom stereocenters. The Morgan fingerprint density at radius 1 is 1.07 bits per heavy atom. The Labute approximate surface area is 169 Å². The number of hydrogen-bond acceptors (Lipinski definition) is 3. The zero-order valence-corrected chi connectivity index (χ0v) is 17.2. The normalized spacial score (nSPS) is 26.9. The molecule has 1 aromatic rings. The van der Waals surface area contributed by atoms with Crippen LogP contribution in [0.25, 0.3) is 0 Å². The quantitative estimate of drug-likeness (QED) is 0.763. The van der Waals surface area contributed by atoms with Crippen molar-refractivity contribution in [2.75, 3.05) is 37.6 Å². The van der Waals surface area contributed by atoms with Gasteiger partial charge >= 0.3 is 0 Å². The van der Waals surface area contributed by atoms with E-state index < -0.39 is 0 Å². The summed E-state index contributed by atoms with van der Waals surface area (Å²) in [6.45, 7) is 5.71. The summed E-state index contributed by atoms with van der Waals surface area (Å²) >= 11 is 0. The summed E-state index contributed by atoms with van der Waals surface area (Å²) in [7, 11) is 0. The van der Waals surface area contributed by atoms with E-state index >= 15 is 0 Å². The Hall–Kier alpha value is -1.55. The second-order valence-electron chi connectivity index (χ2n) is 9.39. The first kappa shape index (κ1) is 18.5. The summed E-state index contributed by atoms with van der Waals surface area (Å²) in [5.74, 6) is 1.31. The van der Waals surface area contributed by atoms with Crippen molar-refractivity contribution in [3.63, 3.8) is 0 Å². The Balaban J connectivity index is 1.07. The molecule has 1 amide bonds. The lowest BCUT2D eigenvalue weighted by Gasteiger charge is -2.38. The van der Waals surface area contributed by atoms with Gasteiger partial charge in [-0.2, -0.15) is 0 Å². The van der Waals surface area contributed by atoms with E-state index in [0.29, 0.717) is 17.7 Å². The molecule has 0 aromatic heterocycles. The van der Waals surface area contributed by atoms with Gasteiger partial charge in [-0.05, 0) is 56.2 Å². The number of unbranched alkanes of at least 4 members (excludes halogenated alkanes) is 1. The van der Waals surface area contributed by atoms with Crippen molar-refractivity contribution in [3.05, 3.63) is 29.3 Å². The number of carbonyl (C=O) groups excluding carboxylic acids is 1. The third kappa shape index (κ3) is 3.45. The largest absolute Gasteiger partial charge is 0.367 e. The Bertz CT molecular complexity index is 712. The van der Waals surface area contributed by atoms with Gasteiger partial charge in [0.2, 0.25) is 5.91 Å². The van der Waals surface area contributed by atoms with Crippen LogP contribution >= 0.6 is 0 Å². The summed E-state index contributed by atoms with van der Waals surface area (Å²) in [6, 6.07) is 7.72. The maximum Gasteiger partial charge on any atom is 0.223 e. The standard InChI is InChI=1S/C24H35N3O/c28-24(19-7-2-1-3-8-19)25-13-4-5-14-26-15-12-22-21(17-26)20-10-6-9-18-11-16-27(22)23(18)20/h6,9-10,19,21-22H,1-5,7-8,11-17H2,(H,25,28)/t21-,22-/m0/s1. The van der Waals surface area contributed by atoms with Gasteiger partial charge < -0.3 is 15.1 Å². The predicted molar refractivity (Wildman–Crippen MR) is 114 cm³/mol. The highest BCUT2D eigenvalue weighted by Crippen LogP contribution is 2.49. The zero-order chi connectivity index (χ0) is 18.9. The van der Waals surface area contributed by atoms with E-state index in [1.54, 1.807) is 16.8 Å². The smallest absolute Gasteiger partial charge is 0.223 e. The van der Waals surface area contributed by atoms with E-state index in [4.69, 9.17) is 0 Å². The molecule has 0 radical (unpaired) electrons. The number of para-hydroxylation sites is 1. The molecule has 4 nitrogen and oxygen atoms in total. The number of hydrogen-bond donors (Lipinski definition) is 1. The van der Waals surface area contributed by atoms with Crippen LogP contribution in [0.5, 0.6) is 0 Å². The number of fused-ring (bicyclic) bond motifs is 3. The number of piperidine rings is 1. The van der Waals surface area contributed by atoms with Gasteiger partial charge in [0, 0.05) is 49.7 Å². The number of carbonyl (C=O) groups is 1. The number of amides is 1. The molecule has 0 bridgehead atoms. The molecule has 1 aromatic carbocycles. The number of benzene rings is 1. The molecule has 152 valence electrons. The van der Waals surface area contributed by atoms with Crippen molar-refractivity contribution in [2.24, 2.45) is 5.92 Å². The van der Waals surface area contributed by atoms with Crippen molar-refractivity contribution < 1.29 is 4.79 Å². The molecule has 0 spiro atoms. The van der Waals surface area contributed by atoms with E-state index in [0.717, 1.165) is 31.8 Å². The van der Waals surface area contributed by atoms with Crippen LogP contribution in [0, 0.1) is 5.92 Å². The number of anilines is 1. The van der Waals surface area contributed by atoms with Gasteiger partial charge in [0.1, 0.15) is 0 Å². The first-order chi connectivity index (χ1) is 13.8. The fraction of sp³-hybridized carbons (Fsp3) is 0.708. The highest BCUT2D eigenvalue weighted by atomic mass is 16.1. The topological polar surface area (TPSA) is 35.6 Å². The first-order valence-electron chi connectivity index (χ1n) is 11.7. The van der Waals surface area contributed by atoms with Crippen molar-refractivity contribution >= 4 is 11.6 Å². The van der Waals surface area contributed by atoms with Crippen molar-refractivity contribution in [1.29, 1.82) is 0 Å². The summed E-state index contributed by atoms with van der Waals surface area (Å²) in [5.41, 5.74) is 4.78. The van der Waals surface area contributed by atoms with Gasteiger partial charge in [0.15, 0.2) is 0 Å². The van der Waals surface area contributed by atoms with Gasteiger partial charge in [0.25, 0.3) is 0 Å². The van der Waals surface area contributed by atoms with Crippen LogP contribution in [-0.4, -0.2) is 49.6 Å². The molecule has 1 N–H and O–H groups in total. The summed E-state index contributed by atoms with van der Waals surface area (Å²) < 4.78 is 0. The molecule has 4 aliphatic rings. The van der Waals surface area contributed by atoms with Crippen LogP contribution in [0.3, 0.4) is 0 Å². The molecular formula is C24H35N3O. The number of rotatable bonds is 6. The van der Waals surface area contributed by atoms with Crippen LogP contribution in [0.1, 0.15) is 68.4 Å². The summed E-state index contributed by atoms with van der Waals surface area (Å²) in [5, 5.41) is 3.20. The van der Waals surface area contributed by atoms with E-state index in [1.807, 2.05) is 0 Å². The highest BCUT2D eigenvalue weighted by molar-refractivity contribution is 5.78. The summed E-state index contributed by atoms with van der Waals surface area (Å²) in [4.78, 5) is 17.6. The average molecular weight is 382 g/mol. The third-order valence-corrected chi connectivity index (χ3v) is 7.70. The number of likely N-dealkylation sites (tertiary alicyclic amines) is 1. The number of nitrogens with zero attached hydrogens (tertiary/aromatic N) is 2. The molecule has 2 fully saturated rings. The lowest BCUT2D eigenvalue weighted by atomic mass is 9.87. The number of nitrogens with one attached hydrogen (secondary N) is 1. The molecule has 1 aliphatic carbocycles. The fourth-order valence-electron chi connectivity index (χ4n) is 6.22. The second-order valence-corrected chi connectivity index (χ2v) is 9.39. The molecule has 28 heavy (non-hydrogen) atoms. The van der Waals surface area contributed by atoms with Crippen LogP contribution < -0.4 is 10.2 Å². The third-order valence-electron chi connectivity index (χ3n) is 7.70. The minimum absolute atomic E-state index is 0.293. The van der Waals surface area contributed by atoms with Gasteiger partial charge in [-0.1, -0.05) is 37.5 Å². The second kappa shape index (κ2) is 8.06. The van der Waals surface area contributed by atoms with Gasteiger partial charge in [0.05, 0.1) is 0 Å². The maximum absolute atomic E-state index is 12.2. The van der Waals surface area contributed by atoms with E-state index in [2.05, 4.69) is 33.3 Å². The minimum Gasteiger partial charge on any atom is -0.367 e. The first-order valence-corrected chi connectivity index (χ1v) is 11.7. The molecule has 3 aliphatic heterocycles. The molecule has 4 heteroatoms. The average Bonchev–Trinajstić information content (AvgIpc) is 3.31. The Morgan fingerprint density at radius 3 is 2.86 bits per heavy atom. The van der Waals surface area contributed by atoms with Gasteiger partial charge in [-0.15, -0.1) is 0 Å². The minimum atomic E-state index is 0.293. The molecule has 0 unspecified atom stereocenters. The monoisotopic (exact) mass is 381 g/mol. The molecule has 1 saturated heterocycles. The van der Waals surface area contributed by atoms with Gasteiger partial charge in [-0.25, -0.2) is 0 Å². The Kier molecular flexibility index (Phi) is 5.32. The zero-order valence-electron chi connectivity index (χ0n) is 17.2. The van der Waals surface area contributed by atoms with Crippen LogP contribution in [0.4, 0.5) is 5.69 Å². The van der Waals surface area contributed by atoms with Crippen LogP contribution in [0.15, 0.2) is 18.2 Å². The molecule has 5 rings (SSSR count). The van der Waals surface area contributed by atoms with Crippen molar-refractivity contribution in [3.8, 4) is 0 Å². The van der Waals surface area contributed by atoms with Crippen molar-refractivity contribution in [2.45, 2.75) is 69.7 Å². The summed E-state index contributed by atoms with van der Waals surface area (Å²) in [6.07, 6.45) is 10.8. The maximum atomic E-state index is 12.2. The highest BCUT2D eigenvalue weighted by Gasteiger charge is 2.44. The fourth-order valence-corrected chi connectivity index (χ4v) is 6.22. The lowest BCUT2D eigenvalue weighted by molar-refractivity contribution is -0.125. The SMILES string of the molecule is O=C(NCCCCN1CC[C@H]2[C@@H](C1)c1cccc3c1N2CC3)C1CCCCC1. The van der Waals surface area contributed by atoms with Crippen molar-refractivity contribution in [1.82, 2.24) is 10.2 Å². The van der Waals surface area contributed by atoms with Crippen LogP contribution in [0.2, 0.25) is 0 Å². The van der Waals surface area contributed by atoms with E-state index in [-0.39, 0.29) is 0 Å². The Morgan fingerprint density at radius 2 is 1.96 bits per heavy atom. The molecule has 1 saturated carbocycles. The van der Waals surface area contributed by atoms with E-state index in [9.17, 15) is 4.79 Å². The molecular weight excluding hydrogens is 346 g/mol. The molecule has 3 heterocycles. The van der Waals surface area contributed by atoms with Crippen LogP contribution in [-0.2, 0) is 11.2 Å².